The highest BCUT2D eigenvalue weighted by Gasteiger charge is 2.38. The fourth-order valence-electron chi connectivity index (χ4n) is 3.66. The first-order chi connectivity index (χ1) is 11.1. The SMILES string of the molecule is CC(N)C1CCN(C(=O)C2CCCN2C(=O)c2cccs2)CC1.Cl. The molecule has 0 aromatic carbocycles. The third kappa shape index (κ3) is 3.92. The van der Waals surface area contributed by atoms with E-state index in [0.717, 1.165) is 43.6 Å². The van der Waals surface area contributed by atoms with E-state index in [1.54, 1.807) is 4.90 Å². The zero-order valence-electron chi connectivity index (χ0n) is 14.0. The Hall–Kier alpha value is -1.11. The second-order valence-electron chi connectivity index (χ2n) is 6.66. The average molecular weight is 372 g/mol. The lowest BCUT2D eigenvalue weighted by atomic mass is 9.90. The summed E-state index contributed by atoms with van der Waals surface area (Å²) in [5.74, 6) is 0.628. The Kier molecular flexibility index (Phi) is 6.66. The normalized spacial score (nSPS) is 23.0. The van der Waals surface area contributed by atoms with Gasteiger partial charge in [-0.2, -0.15) is 0 Å². The van der Waals surface area contributed by atoms with Crippen molar-refractivity contribution in [2.75, 3.05) is 19.6 Å². The molecule has 3 rings (SSSR count). The summed E-state index contributed by atoms with van der Waals surface area (Å²) in [4.78, 5) is 29.9. The van der Waals surface area contributed by atoms with E-state index in [1.165, 1.54) is 11.3 Å². The fourth-order valence-corrected chi connectivity index (χ4v) is 4.34. The second kappa shape index (κ2) is 8.32. The Morgan fingerprint density at radius 1 is 1.25 bits per heavy atom. The van der Waals surface area contributed by atoms with Crippen molar-refractivity contribution in [2.24, 2.45) is 11.7 Å². The highest BCUT2D eigenvalue weighted by molar-refractivity contribution is 7.12. The number of halogens is 1. The molecule has 0 spiro atoms. The minimum Gasteiger partial charge on any atom is -0.341 e. The largest absolute Gasteiger partial charge is 0.341 e. The van der Waals surface area contributed by atoms with E-state index in [4.69, 9.17) is 5.73 Å². The number of hydrogen-bond acceptors (Lipinski definition) is 4. The van der Waals surface area contributed by atoms with Crippen LogP contribution in [0, 0.1) is 5.92 Å². The fraction of sp³-hybridized carbons (Fsp3) is 0.647. The van der Waals surface area contributed by atoms with Crippen LogP contribution in [0.3, 0.4) is 0 Å². The Balaban J connectivity index is 0.00000208. The molecule has 0 aliphatic carbocycles. The number of nitrogens with two attached hydrogens (primary N) is 1. The molecule has 2 saturated heterocycles. The standard InChI is InChI=1S/C17H25N3O2S.ClH/c1-12(18)13-6-9-19(10-7-13)16(21)14-4-2-8-20(14)17(22)15-5-3-11-23-15;/h3,5,11-14H,2,4,6-10,18H2,1H3;1H. The zero-order valence-corrected chi connectivity index (χ0v) is 15.7. The summed E-state index contributed by atoms with van der Waals surface area (Å²) in [7, 11) is 0. The van der Waals surface area contributed by atoms with Crippen LogP contribution in [-0.2, 0) is 4.79 Å². The molecule has 0 bridgehead atoms. The van der Waals surface area contributed by atoms with Gasteiger partial charge in [-0.05, 0) is 50.0 Å². The minimum absolute atomic E-state index is 0. The molecule has 2 amide bonds. The second-order valence-corrected chi connectivity index (χ2v) is 7.60. The maximum Gasteiger partial charge on any atom is 0.264 e. The summed E-state index contributed by atoms with van der Waals surface area (Å²) < 4.78 is 0. The molecule has 7 heteroatoms. The van der Waals surface area contributed by atoms with Crippen molar-refractivity contribution in [3.05, 3.63) is 22.4 Å². The number of likely N-dealkylation sites (tertiary alicyclic amines) is 2. The monoisotopic (exact) mass is 371 g/mol. The van der Waals surface area contributed by atoms with Crippen LogP contribution in [0.25, 0.3) is 0 Å². The van der Waals surface area contributed by atoms with Crippen LogP contribution >= 0.6 is 23.7 Å². The summed E-state index contributed by atoms with van der Waals surface area (Å²) in [6.07, 6.45) is 3.62. The van der Waals surface area contributed by atoms with Crippen molar-refractivity contribution < 1.29 is 9.59 Å². The van der Waals surface area contributed by atoms with Crippen molar-refractivity contribution in [3.63, 3.8) is 0 Å². The lowest BCUT2D eigenvalue weighted by Gasteiger charge is -2.36. The van der Waals surface area contributed by atoms with Crippen LogP contribution in [0.5, 0.6) is 0 Å². The van der Waals surface area contributed by atoms with Gasteiger partial charge in [-0.3, -0.25) is 9.59 Å². The van der Waals surface area contributed by atoms with Gasteiger partial charge in [0.05, 0.1) is 4.88 Å². The van der Waals surface area contributed by atoms with Crippen LogP contribution in [0.1, 0.15) is 42.3 Å². The molecule has 2 fully saturated rings. The van der Waals surface area contributed by atoms with Gasteiger partial charge in [0.25, 0.3) is 5.91 Å². The smallest absolute Gasteiger partial charge is 0.264 e. The topological polar surface area (TPSA) is 66.6 Å². The molecular formula is C17H26ClN3O2S. The Morgan fingerprint density at radius 2 is 1.96 bits per heavy atom. The molecule has 3 heterocycles. The van der Waals surface area contributed by atoms with E-state index in [0.29, 0.717) is 12.5 Å². The Morgan fingerprint density at radius 3 is 2.54 bits per heavy atom. The van der Waals surface area contributed by atoms with E-state index in [-0.39, 0.29) is 36.3 Å². The van der Waals surface area contributed by atoms with Crippen LogP contribution in [-0.4, -0.2) is 53.3 Å². The number of hydrogen-bond donors (Lipinski definition) is 1. The molecule has 2 N–H and O–H groups in total. The van der Waals surface area contributed by atoms with Crippen LogP contribution in [0.2, 0.25) is 0 Å². The summed E-state index contributed by atoms with van der Waals surface area (Å²) >= 11 is 1.44. The summed E-state index contributed by atoms with van der Waals surface area (Å²) in [6, 6.07) is 3.62. The molecule has 2 aliphatic heterocycles. The first-order valence-electron chi connectivity index (χ1n) is 8.46. The molecule has 2 unspecified atom stereocenters. The highest BCUT2D eigenvalue weighted by Crippen LogP contribution is 2.26. The van der Waals surface area contributed by atoms with Gasteiger partial charge in [0.15, 0.2) is 0 Å². The first kappa shape index (κ1) is 19.2. The van der Waals surface area contributed by atoms with Crippen molar-refractivity contribution in [2.45, 2.75) is 44.7 Å². The van der Waals surface area contributed by atoms with E-state index in [2.05, 4.69) is 0 Å². The van der Waals surface area contributed by atoms with Crippen LogP contribution in [0.15, 0.2) is 17.5 Å². The predicted molar refractivity (Wildman–Crippen MR) is 98.6 cm³/mol. The molecule has 2 atom stereocenters. The maximum atomic E-state index is 12.9. The number of thiophene rings is 1. The number of rotatable bonds is 3. The van der Waals surface area contributed by atoms with Gasteiger partial charge < -0.3 is 15.5 Å². The lowest BCUT2D eigenvalue weighted by Crippen LogP contribution is -2.51. The van der Waals surface area contributed by atoms with Crippen molar-refractivity contribution in [1.29, 1.82) is 0 Å². The van der Waals surface area contributed by atoms with Crippen LogP contribution < -0.4 is 5.73 Å². The summed E-state index contributed by atoms with van der Waals surface area (Å²) in [5.41, 5.74) is 5.97. The Labute approximate surface area is 153 Å². The average Bonchev–Trinajstić information content (AvgIpc) is 3.25. The molecule has 0 saturated carbocycles. The molecule has 1 aromatic heterocycles. The molecule has 2 aliphatic rings. The van der Waals surface area contributed by atoms with Crippen molar-refractivity contribution in [3.8, 4) is 0 Å². The lowest BCUT2D eigenvalue weighted by molar-refractivity contribution is -0.136. The van der Waals surface area contributed by atoms with Crippen molar-refractivity contribution in [1.82, 2.24) is 9.80 Å². The molecule has 1 aromatic rings. The van der Waals surface area contributed by atoms with E-state index < -0.39 is 0 Å². The van der Waals surface area contributed by atoms with E-state index in [9.17, 15) is 9.59 Å². The predicted octanol–water partition coefficient (Wildman–Crippen LogP) is 2.36. The van der Waals surface area contributed by atoms with E-state index >= 15 is 0 Å². The Bertz CT molecular complexity index is 556. The van der Waals surface area contributed by atoms with Crippen molar-refractivity contribution >= 4 is 35.6 Å². The number of nitrogens with zero attached hydrogens (tertiary/aromatic N) is 2. The molecule has 0 radical (unpaired) electrons. The van der Waals surface area contributed by atoms with Crippen LogP contribution in [0.4, 0.5) is 0 Å². The minimum atomic E-state index is -0.281. The quantitative estimate of drug-likeness (QED) is 0.886. The third-order valence-electron chi connectivity index (χ3n) is 5.13. The van der Waals surface area contributed by atoms with Gasteiger partial charge >= 0.3 is 0 Å². The van der Waals surface area contributed by atoms with Gasteiger partial charge in [0, 0.05) is 25.7 Å². The van der Waals surface area contributed by atoms with E-state index in [1.807, 2.05) is 29.3 Å². The number of piperidine rings is 1. The van der Waals surface area contributed by atoms with Gasteiger partial charge in [-0.25, -0.2) is 0 Å². The van der Waals surface area contributed by atoms with Gasteiger partial charge in [0.2, 0.25) is 5.91 Å². The highest BCUT2D eigenvalue weighted by atomic mass is 35.5. The number of carbonyl (C=O) groups is 2. The molecule has 24 heavy (non-hydrogen) atoms. The number of amides is 2. The first-order valence-corrected chi connectivity index (χ1v) is 9.34. The van der Waals surface area contributed by atoms with Gasteiger partial charge in [-0.1, -0.05) is 6.07 Å². The van der Waals surface area contributed by atoms with Gasteiger partial charge in [-0.15, -0.1) is 23.7 Å². The summed E-state index contributed by atoms with van der Waals surface area (Å²) in [6.45, 7) is 4.26. The summed E-state index contributed by atoms with van der Waals surface area (Å²) in [5, 5.41) is 1.90. The maximum absolute atomic E-state index is 12.9. The molecule has 5 nitrogen and oxygen atoms in total. The number of carbonyl (C=O) groups excluding carboxylic acids is 2. The zero-order chi connectivity index (χ0) is 16.4. The molecular weight excluding hydrogens is 346 g/mol. The molecule has 134 valence electrons. The van der Waals surface area contributed by atoms with Gasteiger partial charge in [0.1, 0.15) is 6.04 Å². The third-order valence-corrected chi connectivity index (χ3v) is 5.98.